The first kappa shape index (κ1) is 10.1. The molecular formula is C7H11N3O2S. The van der Waals surface area contributed by atoms with Gasteiger partial charge in [-0.2, -0.15) is 0 Å². The third-order valence-electron chi connectivity index (χ3n) is 1.60. The fourth-order valence-electron chi connectivity index (χ4n) is 0.931. The van der Waals surface area contributed by atoms with Crippen molar-refractivity contribution >= 4 is 10.0 Å². The molecule has 1 aromatic heterocycles. The molecule has 0 amide bonds. The molecule has 1 aromatic rings. The number of nitrogens with two attached hydrogens (primary N) is 1. The molecule has 0 spiro atoms. The average molecular weight is 201 g/mol. The van der Waals surface area contributed by atoms with Crippen LogP contribution in [0.25, 0.3) is 0 Å². The molecule has 72 valence electrons. The summed E-state index contributed by atoms with van der Waals surface area (Å²) in [5, 5.41) is 0. The molecule has 0 aliphatic rings. The fourth-order valence-corrected chi connectivity index (χ4v) is 1.86. The number of pyridine rings is 1. The van der Waals surface area contributed by atoms with Gasteiger partial charge in [-0.3, -0.25) is 4.98 Å². The number of aromatic nitrogens is 1. The fraction of sp³-hybridized carbons (Fsp3) is 0.286. The van der Waals surface area contributed by atoms with E-state index >= 15 is 0 Å². The number of hydrogen-bond donors (Lipinski definition) is 2. The summed E-state index contributed by atoms with van der Waals surface area (Å²) in [5.74, 6) is 0. The SMILES string of the molecule is CNS(=O)(=O)c1cccnc1CN. The standard InChI is InChI=1S/C7H11N3O2S/c1-9-13(11,12)7-3-2-4-10-6(7)5-8/h2-4,9H,5,8H2,1H3. The van der Waals surface area contributed by atoms with Crippen LogP contribution < -0.4 is 10.5 Å². The summed E-state index contributed by atoms with van der Waals surface area (Å²) < 4.78 is 25.0. The number of hydrogen-bond acceptors (Lipinski definition) is 4. The Bertz CT molecular complexity index is 388. The van der Waals surface area contributed by atoms with E-state index in [0.717, 1.165) is 0 Å². The number of nitrogens with zero attached hydrogens (tertiary/aromatic N) is 1. The van der Waals surface area contributed by atoms with Gasteiger partial charge in [-0.15, -0.1) is 0 Å². The average Bonchev–Trinajstić information content (AvgIpc) is 2.18. The van der Waals surface area contributed by atoms with Crippen LogP contribution in [0.3, 0.4) is 0 Å². The minimum absolute atomic E-state index is 0.108. The van der Waals surface area contributed by atoms with Gasteiger partial charge >= 0.3 is 0 Å². The van der Waals surface area contributed by atoms with Crippen LogP contribution in [-0.4, -0.2) is 20.4 Å². The van der Waals surface area contributed by atoms with Crippen molar-refractivity contribution < 1.29 is 8.42 Å². The number of nitrogens with one attached hydrogen (secondary N) is 1. The molecule has 0 radical (unpaired) electrons. The van der Waals surface area contributed by atoms with Gasteiger partial charge in [0.05, 0.1) is 5.69 Å². The second-order valence-electron chi connectivity index (χ2n) is 2.36. The summed E-state index contributed by atoms with van der Waals surface area (Å²) in [7, 11) is -2.08. The van der Waals surface area contributed by atoms with Crippen molar-refractivity contribution in [1.29, 1.82) is 0 Å². The zero-order valence-electron chi connectivity index (χ0n) is 7.19. The Labute approximate surface area is 77.0 Å². The molecule has 0 aromatic carbocycles. The van der Waals surface area contributed by atoms with E-state index in [4.69, 9.17) is 5.73 Å². The molecule has 0 saturated heterocycles. The highest BCUT2D eigenvalue weighted by Gasteiger charge is 2.15. The molecule has 0 atom stereocenters. The lowest BCUT2D eigenvalue weighted by Gasteiger charge is -2.05. The van der Waals surface area contributed by atoms with Crippen LogP contribution in [0.4, 0.5) is 0 Å². The van der Waals surface area contributed by atoms with Gasteiger partial charge in [0.1, 0.15) is 4.90 Å². The van der Waals surface area contributed by atoms with Crippen molar-refractivity contribution in [2.75, 3.05) is 7.05 Å². The van der Waals surface area contributed by atoms with Crippen molar-refractivity contribution in [2.24, 2.45) is 5.73 Å². The summed E-state index contributed by atoms with van der Waals surface area (Å²) in [6.07, 6.45) is 1.51. The Morgan fingerprint density at radius 3 is 2.85 bits per heavy atom. The van der Waals surface area contributed by atoms with Gasteiger partial charge < -0.3 is 5.73 Å². The molecule has 0 saturated carbocycles. The van der Waals surface area contributed by atoms with Crippen LogP contribution in [0.5, 0.6) is 0 Å². The van der Waals surface area contributed by atoms with Crippen molar-refractivity contribution in [3.8, 4) is 0 Å². The van der Waals surface area contributed by atoms with Gasteiger partial charge in [0.15, 0.2) is 0 Å². The van der Waals surface area contributed by atoms with E-state index in [1.54, 1.807) is 6.07 Å². The van der Waals surface area contributed by atoms with Crippen LogP contribution in [0.2, 0.25) is 0 Å². The largest absolute Gasteiger partial charge is 0.325 e. The zero-order valence-corrected chi connectivity index (χ0v) is 8.00. The molecule has 1 rings (SSSR count). The molecule has 3 N–H and O–H groups in total. The second kappa shape index (κ2) is 3.82. The number of sulfonamides is 1. The Kier molecular flexibility index (Phi) is 2.97. The van der Waals surface area contributed by atoms with E-state index in [9.17, 15) is 8.42 Å². The summed E-state index contributed by atoms with van der Waals surface area (Å²) >= 11 is 0. The summed E-state index contributed by atoms with van der Waals surface area (Å²) in [6.45, 7) is 0.108. The molecule has 1 heterocycles. The highest BCUT2D eigenvalue weighted by Crippen LogP contribution is 2.10. The van der Waals surface area contributed by atoms with Gasteiger partial charge in [-0.25, -0.2) is 13.1 Å². The van der Waals surface area contributed by atoms with Gasteiger partial charge in [0.2, 0.25) is 10.0 Å². The Morgan fingerprint density at radius 1 is 1.62 bits per heavy atom. The Morgan fingerprint density at radius 2 is 2.31 bits per heavy atom. The maximum atomic E-state index is 11.4. The molecular weight excluding hydrogens is 190 g/mol. The predicted octanol–water partition coefficient (Wildman–Crippen LogP) is -0.552. The van der Waals surface area contributed by atoms with Gasteiger partial charge in [0.25, 0.3) is 0 Å². The van der Waals surface area contributed by atoms with Crippen molar-refractivity contribution in [3.63, 3.8) is 0 Å². The van der Waals surface area contributed by atoms with Crippen LogP contribution in [0, 0.1) is 0 Å². The Balaban J connectivity index is 3.29. The van der Waals surface area contributed by atoms with E-state index in [1.165, 1.54) is 19.3 Å². The summed E-state index contributed by atoms with van der Waals surface area (Å²) in [6, 6.07) is 3.03. The third-order valence-corrected chi connectivity index (χ3v) is 3.09. The first-order valence-electron chi connectivity index (χ1n) is 3.69. The number of rotatable bonds is 3. The minimum Gasteiger partial charge on any atom is -0.325 e. The van der Waals surface area contributed by atoms with E-state index in [1.807, 2.05) is 0 Å². The van der Waals surface area contributed by atoms with Crippen molar-refractivity contribution in [2.45, 2.75) is 11.4 Å². The highest BCUT2D eigenvalue weighted by molar-refractivity contribution is 7.89. The molecule has 6 heteroatoms. The lowest BCUT2D eigenvalue weighted by molar-refractivity contribution is 0.586. The molecule has 0 unspecified atom stereocenters. The molecule has 0 bridgehead atoms. The lowest BCUT2D eigenvalue weighted by atomic mass is 10.3. The first-order chi connectivity index (χ1) is 6.11. The van der Waals surface area contributed by atoms with Crippen LogP contribution >= 0.6 is 0 Å². The van der Waals surface area contributed by atoms with Crippen LogP contribution in [0.1, 0.15) is 5.69 Å². The molecule has 0 aliphatic carbocycles. The van der Waals surface area contributed by atoms with E-state index < -0.39 is 10.0 Å². The maximum absolute atomic E-state index is 11.4. The van der Waals surface area contributed by atoms with E-state index in [-0.39, 0.29) is 11.4 Å². The molecule has 13 heavy (non-hydrogen) atoms. The highest BCUT2D eigenvalue weighted by atomic mass is 32.2. The minimum atomic E-state index is -3.43. The lowest BCUT2D eigenvalue weighted by Crippen LogP contribution is -2.21. The van der Waals surface area contributed by atoms with Crippen LogP contribution in [0.15, 0.2) is 23.2 Å². The monoisotopic (exact) mass is 201 g/mol. The van der Waals surface area contributed by atoms with Crippen LogP contribution in [-0.2, 0) is 16.6 Å². The normalized spacial score (nSPS) is 11.5. The molecule has 5 nitrogen and oxygen atoms in total. The molecule has 0 aliphatic heterocycles. The van der Waals surface area contributed by atoms with Gasteiger partial charge in [-0.1, -0.05) is 0 Å². The van der Waals surface area contributed by atoms with Gasteiger partial charge in [-0.05, 0) is 19.2 Å². The van der Waals surface area contributed by atoms with E-state index in [2.05, 4.69) is 9.71 Å². The van der Waals surface area contributed by atoms with Crippen molar-refractivity contribution in [3.05, 3.63) is 24.0 Å². The summed E-state index contributed by atoms with van der Waals surface area (Å²) in [5.41, 5.74) is 5.72. The summed E-state index contributed by atoms with van der Waals surface area (Å²) in [4.78, 5) is 4.01. The maximum Gasteiger partial charge on any atom is 0.242 e. The van der Waals surface area contributed by atoms with Crippen molar-refractivity contribution in [1.82, 2.24) is 9.71 Å². The predicted molar refractivity (Wildman–Crippen MR) is 48.4 cm³/mol. The molecule has 0 fully saturated rings. The van der Waals surface area contributed by atoms with E-state index in [0.29, 0.717) is 5.69 Å². The third kappa shape index (κ3) is 2.03. The topological polar surface area (TPSA) is 85.1 Å². The Hall–Kier alpha value is -0.980. The quantitative estimate of drug-likeness (QED) is 0.687. The second-order valence-corrected chi connectivity index (χ2v) is 4.21. The van der Waals surface area contributed by atoms with Gasteiger partial charge in [0, 0.05) is 12.7 Å². The zero-order chi connectivity index (χ0) is 9.90. The smallest absolute Gasteiger partial charge is 0.242 e. The first-order valence-corrected chi connectivity index (χ1v) is 5.17.